The summed E-state index contributed by atoms with van der Waals surface area (Å²) in [7, 11) is 0. The minimum absolute atomic E-state index is 0.0335. The molecular formula is C13H13F3O3. The van der Waals surface area contributed by atoms with E-state index in [0.717, 1.165) is 25.0 Å². The van der Waals surface area contributed by atoms with Gasteiger partial charge in [-0.3, -0.25) is 4.79 Å². The van der Waals surface area contributed by atoms with Gasteiger partial charge in [-0.15, -0.1) is 13.2 Å². The van der Waals surface area contributed by atoms with Gasteiger partial charge >= 0.3 is 6.36 Å². The number of ketones is 1. The number of carbonyl (C=O) groups is 1. The molecule has 2 rings (SSSR count). The number of hydrogen-bond donors (Lipinski definition) is 1. The van der Waals surface area contributed by atoms with Crippen LogP contribution < -0.4 is 4.74 Å². The van der Waals surface area contributed by atoms with Crippen molar-refractivity contribution in [2.24, 2.45) is 0 Å². The Morgan fingerprint density at radius 3 is 2.47 bits per heavy atom. The van der Waals surface area contributed by atoms with Crippen LogP contribution in [0.5, 0.6) is 5.75 Å². The third kappa shape index (κ3) is 3.26. The highest BCUT2D eigenvalue weighted by Gasteiger charge is 2.39. The van der Waals surface area contributed by atoms with Gasteiger partial charge in [0.2, 0.25) is 0 Å². The minimum atomic E-state index is -4.80. The van der Waals surface area contributed by atoms with Crippen molar-refractivity contribution in [2.75, 3.05) is 0 Å². The molecule has 1 fully saturated rings. The number of rotatable bonds is 3. The molecule has 1 N–H and O–H groups in total. The van der Waals surface area contributed by atoms with Crippen molar-refractivity contribution in [3.63, 3.8) is 0 Å². The molecule has 0 unspecified atom stereocenters. The number of aliphatic hydroxyl groups is 1. The molecule has 0 atom stereocenters. The van der Waals surface area contributed by atoms with Crippen molar-refractivity contribution in [1.29, 1.82) is 0 Å². The van der Waals surface area contributed by atoms with E-state index in [4.69, 9.17) is 0 Å². The van der Waals surface area contributed by atoms with Gasteiger partial charge in [0.15, 0.2) is 5.78 Å². The Morgan fingerprint density at radius 1 is 1.26 bits per heavy atom. The number of Topliss-reactive ketones (excluding diaryl/α,β-unsaturated/α-hetero) is 1. The molecule has 0 aromatic heterocycles. The molecule has 0 spiro atoms. The largest absolute Gasteiger partial charge is 0.573 e. The lowest BCUT2D eigenvalue weighted by Gasteiger charge is -2.20. The first-order valence-corrected chi connectivity index (χ1v) is 5.93. The predicted octanol–water partition coefficient (Wildman–Crippen LogP) is 3.07. The molecule has 1 aliphatic carbocycles. The molecule has 6 heteroatoms. The van der Waals surface area contributed by atoms with Gasteiger partial charge < -0.3 is 9.84 Å². The summed E-state index contributed by atoms with van der Waals surface area (Å²) < 4.78 is 40.0. The van der Waals surface area contributed by atoms with E-state index in [1.54, 1.807) is 0 Å². The van der Waals surface area contributed by atoms with Gasteiger partial charge in [0.1, 0.15) is 11.4 Å². The standard InChI is InChI=1S/C13H13F3O3/c14-13(15,16)19-10-5-3-4-9(8-10)11(17)12(18)6-1-2-7-12/h3-5,8,18H,1-2,6-7H2. The lowest BCUT2D eigenvalue weighted by molar-refractivity contribution is -0.274. The van der Waals surface area contributed by atoms with Crippen LogP contribution in [0.15, 0.2) is 24.3 Å². The predicted molar refractivity (Wildman–Crippen MR) is 60.9 cm³/mol. The van der Waals surface area contributed by atoms with Crippen LogP contribution in [0.25, 0.3) is 0 Å². The summed E-state index contributed by atoms with van der Waals surface area (Å²) in [6.07, 6.45) is -2.64. The van der Waals surface area contributed by atoms with Gasteiger partial charge in [0.05, 0.1) is 0 Å². The summed E-state index contributed by atoms with van der Waals surface area (Å²) in [5.41, 5.74) is -1.41. The van der Waals surface area contributed by atoms with Crippen molar-refractivity contribution in [2.45, 2.75) is 37.6 Å². The van der Waals surface area contributed by atoms with Gasteiger partial charge in [-0.2, -0.15) is 0 Å². The van der Waals surface area contributed by atoms with Crippen LogP contribution in [0.2, 0.25) is 0 Å². The highest BCUT2D eigenvalue weighted by molar-refractivity contribution is 6.02. The molecule has 19 heavy (non-hydrogen) atoms. The van der Waals surface area contributed by atoms with E-state index < -0.39 is 23.5 Å². The highest BCUT2D eigenvalue weighted by atomic mass is 19.4. The van der Waals surface area contributed by atoms with Gasteiger partial charge in [-0.1, -0.05) is 12.1 Å². The summed E-state index contributed by atoms with van der Waals surface area (Å²) in [6, 6.07) is 4.80. The zero-order valence-electron chi connectivity index (χ0n) is 10.0. The lowest BCUT2D eigenvalue weighted by Crippen LogP contribution is -2.35. The van der Waals surface area contributed by atoms with Crippen molar-refractivity contribution < 1.29 is 27.8 Å². The molecule has 1 aromatic rings. The van der Waals surface area contributed by atoms with Crippen molar-refractivity contribution in [3.05, 3.63) is 29.8 Å². The van der Waals surface area contributed by atoms with Gasteiger partial charge in [-0.05, 0) is 37.8 Å². The summed E-state index contributed by atoms with van der Waals surface area (Å²) >= 11 is 0. The number of benzene rings is 1. The second-order valence-electron chi connectivity index (χ2n) is 4.64. The van der Waals surface area contributed by atoms with E-state index in [9.17, 15) is 23.1 Å². The van der Waals surface area contributed by atoms with Crippen molar-refractivity contribution in [3.8, 4) is 5.75 Å². The summed E-state index contributed by atoms with van der Waals surface area (Å²) in [5, 5.41) is 10.1. The molecule has 0 radical (unpaired) electrons. The van der Waals surface area contributed by atoms with Gasteiger partial charge in [0, 0.05) is 5.56 Å². The second-order valence-corrected chi connectivity index (χ2v) is 4.64. The Kier molecular flexibility index (Phi) is 3.54. The molecule has 0 heterocycles. The molecule has 0 bridgehead atoms. The van der Waals surface area contributed by atoms with Crippen LogP contribution >= 0.6 is 0 Å². The van der Waals surface area contributed by atoms with E-state index in [1.165, 1.54) is 12.1 Å². The normalized spacial score (nSPS) is 18.3. The van der Waals surface area contributed by atoms with Crippen molar-refractivity contribution in [1.82, 2.24) is 0 Å². The van der Waals surface area contributed by atoms with Crippen LogP contribution in [-0.4, -0.2) is 22.9 Å². The number of alkyl halides is 3. The second kappa shape index (κ2) is 4.85. The Morgan fingerprint density at radius 2 is 1.89 bits per heavy atom. The Labute approximate surface area is 108 Å². The maximum atomic E-state index is 12.1. The first-order valence-electron chi connectivity index (χ1n) is 5.93. The molecule has 1 aromatic carbocycles. The first-order chi connectivity index (χ1) is 8.80. The van der Waals surface area contributed by atoms with E-state index in [0.29, 0.717) is 12.8 Å². The molecule has 1 aliphatic rings. The maximum absolute atomic E-state index is 12.1. The number of carbonyl (C=O) groups excluding carboxylic acids is 1. The fraction of sp³-hybridized carbons (Fsp3) is 0.462. The topological polar surface area (TPSA) is 46.5 Å². The third-order valence-electron chi connectivity index (χ3n) is 3.18. The number of ether oxygens (including phenoxy) is 1. The van der Waals surface area contributed by atoms with E-state index >= 15 is 0 Å². The van der Waals surface area contributed by atoms with Crippen LogP contribution in [0.1, 0.15) is 36.0 Å². The SMILES string of the molecule is O=C(c1cccc(OC(F)(F)F)c1)C1(O)CCCC1. The smallest absolute Gasteiger partial charge is 0.406 e. The molecule has 3 nitrogen and oxygen atoms in total. The van der Waals surface area contributed by atoms with Crippen molar-refractivity contribution >= 4 is 5.78 Å². The Bertz CT molecular complexity index is 476. The zero-order valence-corrected chi connectivity index (χ0v) is 10.0. The maximum Gasteiger partial charge on any atom is 0.573 e. The van der Waals surface area contributed by atoms with Crippen LogP contribution in [-0.2, 0) is 0 Å². The van der Waals surface area contributed by atoms with E-state index in [-0.39, 0.29) is 5.56 Å². The Hall–Kier alpha value is -1.56. The highest BCUT2D eigenvalue weighted by Crippen LogP contribution is 2.33. The number of halogens is 3. The van der Waals surface area contributed by atoms with Crippen LogP contribution in [0.4, 0.5) is 13.2 Å². The summed E-state index contributed by atoms with van der Waals surface area (Å²) in [4.78, 5) is 12.1. The third-order valence-corrected chi connectivity index (χ3v) is 3.18. The molecule has 104 valence electrons. The van der Waals surface area contributed by atoms with E-state index in [2.05, 4.69) is 4.74 Å². The quantitative estimate of drug-likeness (QED) is 0.862. The van der Waals surface area contributed by atoms with E-state index in [1.807, 2.05) is 0 Å². The Balaban J connectivity index is 2.21. The lowest BCUT2D eigenvalue weighted by atomic mass is 9.91. The molecule has 0 aliphatic heterocycles. The summed E-state index contributed by atoms with van der Waals surface area (Å²) in [6.45, 7) is 0. The number of hydrogen-bond acceptors (Lipinski definition) is 3. The first kappa shape index (κ1) is 13.9. The van der Waals surface area contributed by atoms with Gasteiger partial charge in [0.25, 0.3) is 0 Å². The van der Waals surface area contributed by atoms with Crippen LogP contribution in [0.3, 0.4) is 0 Å². The fourth-order valence-electron chi connectivity index (χ4n) is 2.29. The summed E-state index contributed by atoms with van der Waals surface area (Å²) in [5.74, 6) is -1.00. The molecule has 0 saturated heterocycles. The molecule has 1 saturated carbocycles. The average Bonchev–Trinajstić information content (AvgIpc) is 2.74. The minimum Gasteiger partial charge on any atom is -0.406 e. The fourth-order valence-corrected chi connectivity index (χ4v) is 2.29. The monoisotopic (exact) mass is 274 g/mol. The molecule has 0 amide bonds. The van der Waals surface area contributed by atoms with Gasteiger partial charge in [-0.25, -0.2) is 0 Å². The zero-order chi connectivity index (χ0) is 14.1. The molecular weight excluding hydrogens is 261 g/mol. The average molecular weight is 274 g/mol. The van der Waals surface area contributed by atoms with Crippen LogP contribution in [0, 0.1) is 0 Å².